The second-order valence-electron chi connectivity index (χ2n) is 8.99. The monoisotopic (exact) mass is 425 g/mol. The highest BCUT2D eigenvalue weighted by Gasteiger charge is 2.34. The van der Waals surface area contributed by atoms with Gasteiger partial charge in [0.05, 0.1) is 5.69 Å². The van der Waals surface area contributed by atoms with Gasteiger partial charge in [0, 0.05) is 22.3 Å². The van der Waals surface area contributed by atoms with E-state index >= 15 is 0 Å². The highest BCUT2D eigenvalue weighted by atomic mass is 14.9. The summed E-state index contributed by atoms with van der Waals surface area (Å²) in [4.78, 5) is 4.69. The van der Waals surface area contributed by atoms with Crippen LogP contribution in [0.15, 0.2) is 78.9 Å². The van der Waals surface area contributed by atoms with Crippen LogP contribution in [0, 0.1) is 23.2 Å². The number of hydrogen-bond donors (Lipinski definition) is 1. The average Bonchev–Trinajstić information content (AvgIpc) is 2.84. The maximum Gasteiger partial charge on any atom is 0.142 e. The van der Waals surface area contributed by atoms with E-state index in [2.05, 4.69) is 50.0 Å². The molecule has 1 heterocycles. The van der Waals surface area contributed by atoms with Gasteiger partial charge in [-0.3, -0.25) is 0 Å². The Morgan fingerprint density at radius 1 is 0.848 bits per heavy atom. The fraction of sp³-hybridized carbons (Fsp3) is 0.133. The summed E-state index contributed by atoms with van der Waals surface area (Å²) in [6.07, 6.45) is 0.784. The Kier molecular flexibility index (Phi) is 4.97. The Bertz CT molecular complexity index is 1460. The van der Waals surface area contributed by atoms with Crippen LogP contribution >= 0.6 is 0 Å². The summed E-state index contributed by atoms with van der Waals surface area (Å²) in [5.74, 6) is 6.68. The van der Waals surface area contributed by atoms with Crippen molar-refractivity contribution in [3.8, 4) is 40.3 Å². The second kappa shape index (κ2) is 7.97. The molecule has 1 aliphatic rings. The first-order valence-corrected chi connectivity index (χ1v) is 11.0. The number of benzene rings is 3. The van der Waals surface area contributed by atoms with Crippen molar-refractivity contribution in [1.82, 2.24) is 4.98 Å². The van der Waals surface area contributed by atoms with Gasteiger partial charge in [0.25, 0.3) is 0 Å². The number of nitrogen functional groups attached to an aromatic ring is 1. The molecule has 3 nitrogen and oxygen atoms in total. The molecule has 3 aromatic carbocycles. The van der Waals surface area contributed by atoms with E-state index in [-0.39, 0.29) is 11.2 Å². The standard InChI is InChI=1S/C30H23N3/c1-30(2)18-24-27(22-16-14-21(15-17-22)13-12-20-8-4-3-5-9-20)25(19-31)29(32)33-28(24)23-10-6-7-11-26(23)30/h3-11,14-17H,18H2,1-2H3,(H2,32,33). The van der Waals surface area contributed by atoms with Crippen LogP contribution in [0.25, 0.3) is 22.4 Å². The van der Waals surface area contributed by atoms with Gasteiger partial charge in [-0.05, 0) is 52.8 Å². The first kappa shape index (κ1) is 20.6. The van der Waals surface area contributed by atoms with Gasteiger partial charge in [0.15, 0.2) is 0 Å². The van der Waals surface area contributed by atoms with Crippen LogP contribution in [0.3, 0.4) is 0 Å². The molecule has 4 aromatic rings. The molecule has 0 unspecified atom stereocenters. The quantitative estimate of drug-likeness (QED) is 0.375. The minimum atomic E-state index is -0.0794. The minimum absolute atomic E-state index is 0.0794. The number of rotatable bonds is 1. The summed E-state index contributed by atoms with van der Waals surface area (Å²) in [7, 11) is 0. The smallest absolute Gasteiger partial charge is 0.142 e. The SMILES string of the molecule is CC1(C)Cc2c(nc(N)c(C#N)c2-c2ccc(C#Cc3ccccc3)cc2)-c2ccccc21. The van der Waals surface area contributed by atoms with Crippen molar-refractivity contribution in [2.75, 3.05) is 5.73 Å². The molecule has 3 heteroatoms. The zero-order valence-corrected chi connectivity index (χ0v) is 18.7. The Balaban J connectivity index is 1.65. The summed E-state index contributed by atoms with van der Waals surface area (Å²) < 4.78 is 0. The first-order valence-electron chi connectivity index (χ1n) is 11.0. The minimum Gasteiger partial charge on any atom is -0.383 e. The van der Waals surface area contributed by atoms with Crippen LogP contribution < -0.4 is 5.73 Å². The number of anilines is 1. The number of aromatic nitrogens is 1. The molecule has 0 atom stereocenters. The summed E-state index contributed by atoms with van der Waals surface area (Å²) in [6.45, 7) is 4.48. The van der Waals surface area contributed by atoms with Crippen molar-refractivity contribution in [2.45, 2.75) is 25.7 Å². The van der Waals surface area contributed by atoms with E-state index < -0.39 is 0 Å². The molecular formula is C30H23N3. The number of fused-ring (bicyclic) bond motifs is 3. The van der Waals surface area contributed by atoms with Gasteiger partial charge in [-0.15, -0.1) is 0 Å². The van der Waals surface area contributed by atoms with E-state index in [0.717, 1.165) is 45.5 Å². The molecule has 1 aliphatic carbocycles. The predicted octanol–water partition coefficient (Wildman–Crippen LogP) is 6.10. The molecule has 0 spiro atoms. The van der Waals surface area contributed by atoms with Crippen LogP contribution in [0.1, 0.15) is 41.7 Å². The van der Waals surface area contributed by atoms with Crippen LogP contribution in [0.5, 0.6) is 0 Å². The molecule has 0 saturated heterocycles. The van der Waals surface area contributed by atoms with Crippen LogP contribution in [0.2, 0.25) is 0 Å². The summed E-state index contributed by atoms with van der Waals surface area (Å²) in [6, 6.07) is 28.6. The van der Waals surface area contributed by atoms with Crippen molar-refractivity contribution in [3.63, 3.8) is 0 Å². The van der Waals surface area contributed by atoms with Crippen LogP contribution in [0.4, 0.5) is 5.82 Å². The normalized spacial score (nSPS) is 13.1. The number of pyridine rings is 1. The lowest BCUT2D eigenvalue weighted by Crippen LogP contribution is -2.27. The Hall–Kier alpha value is -4.34. The second-order valence-corrected chi connectivity index (χ2v) is 8.99. The highest BCUT2D eigenvalue weighted by Crippen LogP contribution is 2.47. The summed E-state index contributed by atoms with van der Waals surface area (Å²) in [5.41, 5.74) is 14.7. The molecule has 0 amide bonds. The fourth-order valence-corrected chi connectivity index (χ4v) is 4.67. The van der Waals surface area contributed by atoms with Gasteiger partial charge >= 0.3 is 0 Å². The molecule has 0 aliphatic heterocycles. The van der Waals surface area contributed by atoms with E-state index in [9.17, 15) is 5.26 Å². The van der Waals surface area contributed by atoms with Gasteiger partial charge in [0.1, 0.15) is 17.5 Å². The number of hydrogen-bond acceptors (Lipinski definition) is 3. The van der Waals surface area contributed by atoms with E-state index in [4.69, 9.17) is 10.7 Å². The zero-order valence-electron chi connectivity index (χ0n) is 18.7. The molecule has 0 bridgehead atoms. The molecule has 0 radical (unpaired) electrons. The zero-order chi connectivity index (χ0) is 23.0. The molecule has 158 valence electrons. The molecule has 0 saturated carbocycles. The predicted molar refractivity (Wildman–Crippen MR) is 133 cm³/mol. The van der Waals surface area contributed by atoms with Crippen LogP contribution in [-0.2, 0) is 11.8 Å². The topological polar surface area (TPSA) is 62.7 Å². The largest absolute Gasteiger partial charge is 0.383 e. The number of nitriles is 1. The van der Waals surface area contributed by atoms with Gasteiger partial charge in [-0.1, -0.05) is 80.3 Å². The Labute approximate surface area is 194 Å². The highest BCUT2D eigenvalue weighted by molar-refractivity contribution is 5.87. The fourth-order valence-electron chi connectivity index (χ4n) is 4.67. The summed E-state index contributed by atoms with van der Waals surface area (Å²) >= 11 is 0. The number of nitrogens with two attached hydrogens (primary N) is 1. The van der Waals surface area contributed by atoms with E-state index in [1.54, 1.807) is 0 Å². The van der Waals surface area contributed by atoms with Crippen molar-refractivity contribution in [2.24, 2.45) is 0 Å². The van der Waals surface area contributed by atoms with E-state index in [0.29, 0.717) is 5.56 Å². The molecule has 33 heavy (non-hydrogen) atoms. The first-order chi connectivity index (χ1) is 16.0. The van der Waals surface area contributed by atoms with Crippen molar-refractivity contribution in [3.05, 3.63) is 107 Å². The summed E-state index contributed by atoms with van der Waals surface area (Å²) in [5, 5.41) is 9.96. The maximum absolute atomic E-state index is 9.96. The Morgan fingerprint density at radius 3 is 2.18 bits per heavy atom. The number of nitrogens with zero attached hydrogens (tertiary/aromatic N) is 2. The third-order valence-electron chi connectivity index (χ3n) is 6.27. The van der Waals surface area contributed by atoms with Crippen molar-refractivity contribution in [1.29, 1.82) is 5.26 Å². The molecular weight excluding hydrogens is 402 g/mol. The van der Waals surface area contributed by atoms with Crippen molar-refractivity contribution >= 4 is 5.82 Å². The molecule has 1 aromatic heterocycles. The third kappa shape index (κ3) is 3.65. The lowest BCUT2D eigenvalue weighted by atomic mass is 9.69. The van der Waals surface area contributed by atoms with Gasteiger partial charge in [-0.2, -0.15) is 5.26 Å². The lowest BCUT2D eigenvalue weighted by Gasteiger charge is -2.35. The lowest BCUT2D eigenvalue weighted by molar-refractivity contribution is 0.516. The molecule has 5 rings (SSSR count). The van der Waals surface area contributed by atoms with E-state index in [1.807, 2.05) is 60.7 Å². The van der Waals surface area contributed by atoms with E-state index in [1.165, 1.54) is 5.56 Å². The maximum atomic E-state index is 9.96. The van der Waals surface area contributed by atoms with Gasteiger partial charge in [0.2, 0.25) is 0 Å². The van der Waals surface area contributed by atoms with Gasteiger partial charge in [-0.25, -0.2) is 4.98 Å². The average molecular weight is 426 g/mol. The molecule has 2 N–H and O–H groups in total. The Morgan fingerprint density at radius 2 is 1.48 bits per heavy atom. The van der Waals surface area contributed by atoms with Gasteiger partial charge < -0.3 is 5.73 Å². The third-order valence-corrected chi connectivity index (χ3v) is 6.27. The van der Waals surface area contributed by atoms with Crippen molar-refractivity contribution < 1.29 is 0 Å². The molecule has 0 fully saturated rings. The van der Waals surface area contributed by atoms with Crippen LogP contribution in [-0.4, -0.2) is 4.98 Å².